The van der Waals surface area contributed by atoms with Gasteiger partial charge in [0.2, 0.25) is 0 Å². The van der Waals surface area contributed by atoms with Gasteiger partial charge in [0.1, 0.15) is 4.99 Å². The van der Waals surface area contributed by atoms with Gasteiger partial charge in [-0.3, -0.25) is 0 Å². The number of anilines is 1. The van der Waals surface area contributed by atoms with E-state index in [1.807, 2.05) is 30.0 Å². The lowest BCUT2D eigenvalue weighted by atomic mass is 9.94. The third-order valence-corrected chi connectivity index (χ3v) is 5.21. The summed E-state index contributed by atoms with van der Waals surface area (Å²) >= 11 is 13.1. The van der Waals surface area contributed by atoms with E-state index in [9.17, 15) is 0 Å². The molecule has 0 aliphatic heterocycles. The minimum absolute atomic E-state index is 0.391. The molecule has 0 unspecified atom stereocenters. The van der Waals surface area contributed by atoms with Crippen LogP contribution < -0.4 is 11.1 Å². The van der Waals surface area contributed by atoms with Crippen molar-refractivity contribution in [2.75, 3.05) is 11.6 Å². The average Bonchev–Trinajstić information content (AvgIpc) is 2.41. The number of hydrogen-bond acceptors (Lipinski definition) is 3. The van der Waals surface area contributed by atoms with E-state index in [2.05, 4.69) is 11.6 Å². The molecule has 0 spiro atoms. The molecule has 1 aliphatic carbocycles. The number of rotatable bonds is 4. The Balaban J connectivity index is 2.05. The Morgan fingerprint density at radius 1 is 1.37 bits per heavy atom. The highest BCUT2D eigenvalue weighted by Crippen LogP contribution is 2.30. The largest absolute Gasteiger partial charge is 0.389 e. The molecule has 19 heavy (non-hydrogen) atoms. The van der Waals surface area contributed by atoms with E-state index in [4.69, 9.17) is 29.6 Å². The van der Waals surface area contributed by atoms with E-state index in [1.165, 1.54) is 25.7 Å². The van der Waals surface area contributed by atoms with E-state index in [0.717, 1.165) is 16.5 Å². The van der Waals surface area contributed by atoms with Gasteiger partial charge in [-0.05, 0) is 50.1 Å². The summed E-state index contributed by atoms with van der Waals surface area (Å²) in [4.78, 5) is 0.391. The van der Waals surface area contributed by atoms with Crippen LogP contribution in [0.25, 0.3) is 0 Å². The summed E-state index contributed by atoms with van der Waals surface area (Å²) in [6.45, 7) is 0. The fourth-order valence-electron chi connectivity index (χ4n) is 2.51. The Hall–Kier alpha value is -0.450. The summed E-state index contributed by atoms with van der Waals surface area (Å²) in [6, 6.07) is 6.19. The van der Waals surface area contributed by atoms with Gasteiger partial charge in [0.05, 0.1) is 0 Å². The Kier molecular flexibility index (Phi) is 5.37. The monoisotopic (exact) mass is 314 g/mol. The zero-order valence-electron chi connectivity index (χ0n) is 11.0. The molecule has 2 nitrogen and oxygen atoms in total. The van der Waals surface area contributed by atoms with E-state index < -0.39 is 0 Å². The van der Waals surface area contributed by atoms with Crippen LogP contribution in [0.2, 0.25) is 5.02 Å². The number of benzene rings is 1. The van der Waals surface area contributed by atoms with E-state index >= 15 is 0 Å². The number of thioether (sulfide) groups is 1. The van der Waals surface area contributed by atoms with Crippen LogP contribution in [0.4, 0.5) is 5.69 Å². The molecule has 0 atom stereocenters. The van der Waals surface area contributed by atoms with Gasteiger partial charge in [-0.2, -0.15) is 11.8 Å². The zero-order valence-corrected chi connectivity index (χ0v) is 13.4. The topological polar surface area (TPSA) is 38.0 Å². The first-order valence-corrected chi connectivity index (χ1v) is 8.56. The molecule has 0 heterocycles. The van der Waals surface area contributed by atoms with Crippen LogP contribution in [0, 0.1) is 0 Å². The lowest BCUT2D eigenvalue weighted by molar-refractivity contribution is 0.473. The second-order valence-corrected chi connectivity index (χ2v) is 6.92. The number of thiocarbonyl (C=S) groups is 1. The Morgan fingerprint density at radius 3 is 2.63 bits per heavy atom. The Bertz CT molecular complexity index is 457. The van der Waals surface area contributed by atoms with Crippen LogP contribution >= 0.6 is 35.6 Å². The summed E-state index contributed by atoms with van der Waals surface area (Å²) in [5.74, 6) is 0. The molecule has 1 aromatic carbocycles. The van der Waals surface area contributed by atoms with Crippen LogP contribution in [-0.2, 0) is 0 Å². The first-order valence-electron chi connectivity index (χ1n) is 6.49. The molecule has 1 fully saturated rings. The second-order valence-electron chi connectivity index (χ2n) is 4.91. The van der Waals surface area contributed by atoms with Crippen molar-refractivity contribution in [2.45, 2.75) is 37.0 Å². The molecule has 1 saturated carbocycles. The van der Waals surface area contributed by atoms with Crippen LogP contribution in [0.5, 0.6) is 0 Å². The van der Waals surface area contributed by atoms with Crippen LogP contribution in [0.3, 0.4) is 0 Å². The molecule has 1 aliphatic rings. The number of hydrogen-bond donors (Lipinski definition) is 2. The van der Waals surface area contributed by atoms with Crippen molar-refractivity contribution >= 4 is 46.3 Å². The highest BCUT2D eigenvalue weighted by molar-refractivity contribution is 7.99. The van der Waals surface area contributed by atoms with Gasteiger partial charge in [0.25, 0.3) is 0 Å². The van der Waals surface area contributed by atoms with Crippen LogP contribution in [0.15, 0.2) is 18.2 Å². The van der Waals surface area contributed by atoms with E-state index in [1.54, 1.807) is 0 Å². The van der Waals surface area contributed by atoms with Gasteiger partial charge < -0.3 is 11.1 Å². The maximum absolute atomic E-state index is 6.00. The maximum Gasteiger partial charge on any atom is 0.106 e. The highest BCUT2D eigenvalue weighted by Gasteiger charge is 2.21. The van der Waals surface area contributed by atoms with Crippen molar-refractivity contribution in [3.05, 3.63) is 28.8 Å². The summed E-state index contributed by atoms with van der Waals surface area (Å²) in [5.41, 5.74) is 7.61. The summed E-state index contributed by atoms with van der Waals surface area (Å²) < 4.78 is 0. The molecular weight excluding hydrogens is 296 g/mol. The molecule has 3 N–H and O–H groups in total. The zero-order chi connectivity index (χ0) is 13.8. The summed E-state index contributed by atoms with van der Waals surface area (Å²) in [7, 11) is 0. The minimum Gasteiger partial charge on any atom is -0.389 e. The van der Waals surface area contributed by atoms with Crippen molar-refractivity contribution in [3.63, 3.8) is 0 Å². The number of nitrogens with one attached hydrogen (secondary N) is 1. The van der Waals surface area contributed by atoms with Crippen LogP contribution in [-0.4, -0.2) is 22.5 Å². The summed E-state index contributed by atoms with van der Waals surface area (Å²) in [6.07, 6.45) is 7.14. The predicted octanol–water partition coefficient (Wildman–Crippen LogP) is 4.06. The molecule has 0 amide bonds. The molecule has 1 aromatic rings. The molecule has 0 bridgehead atoms. The van der Waals surface area contributed by atoms with Crippen molar-refractivity contribution in [1.82, 2.24) is 0 Å². The second kappa shape index (κ2) is 6.82. The molecular formula is C14H19ClN2S2. The fourth-order valence-corrected chi connectivity index (χ4v) is 3.59. The standard InChI is InChI=1S/C14H19ClN2S2/c1-19-11-5-3-10(4-6-11)17-13-7-2-9(15)8-12(13)14(16)18/h2,7-8,10-11,17H,3-6H2,1H3,(H2,16,18). The number of halogens is 1. The van der Waals surface area contributed by atoms with Gasteiger partial charge in [-0.25, -0.2) is 0 Å². The predicted molar refractivity (Wildman–Crippen MR) is 90.5 cm³/mol. The van der Waals surface area contributed by atoms with E-state index in [0.29, 0.717) is 16.1 Å². The Labute approximate surface area is 129 Å². The average molecular weight is 315 g/mol. The van der Waals surface area contributed by atoms with Crippen molar-refractivity contribution in [3.8, 4) is 0 Å². The molecule has 2 rings (SSSR count). The van der Waals surface area contributed by atoms with Crippen LogP contribution in [0.1, 0.15) is 31.2 Å². The van der Waals surface area contributed by atoms with Gasteiger partial charge in [-0.15, -0.1) is 0 Å². The Morgan fingerprint density at radius 2 is 2.05 bits per heavy atom. The van der Waals surface area contributed by atoms with Crippen molar-refractivity contribution < 1.29 is 0 Å². The van der Waals surface area contributed by atoms with Gasteiger partial charge >= 0.3 is 0 Å². The van der Waals surface area contributed by atoms with Crippen molar-refractivity contribution in [1.29, 1.82) is 0 Å². The maximum atomic E-state index is 6.00. The molecule has 5 heteroatoms. The SMILES string of the molecule is CSC1CCC(Nc2ccc(Cl)cc2C(N)=S)CC1. The third-order valence-electron chi connectivity index (χ3n) is 3.61. The van der Waals surface area contributed by atoms with Gasteiger partial charge in [-0.1, -0.05) is 23.8 Å². The first kappa shape index (κ1) is 14.9. The first-order chi connectivity index (χ1) is 9.10. The van der Waals surface area contributed by atoms with Crippen molar-refractivity contribution in [2.24, 2.45) is 5.73 Å². The lowest BCUT2D eigenvalue weighted by Gasteiger charge is -2.29. The summed E-state index contributed by atoms with van der Waals surface area (Å²) in [5, 5.41) is 5.05. The minimum atomic E-state index is 0.391. The fraction of sp³-hybridized carbons (Fsp3) is 0.500. The van der Waals surface area contributed by atoms with Gasteiger partial charge in [0.15, 0.2) is 0 Å². The number of nitrogens with two attached hydrogens (primary N) is 1. The quantitative estimate of drug-likeness (QED) is 0.822. The third kappa shape index (κ3) is 4.01. The lowest BCUT2D eigenvalue weighted by Crippen LogP contribution is -2.28. The van der Waals surface area contributed by atoms with Gasteiger partial charge in [0, 0.05) is 27.6 Å². The highest BCUT2D eigenvalue weighted by atomic mass is 35.5. The normalized spacial score (nSPS) is 23.1. The van der Waals surface area contributed by atoms with E-state index in [-0.39, 0.29) is 0 Å². The molecule has 0 aromatic heterocycles. The molecule has 0 radical (unpaired) electrons. The molecule has 0 saturated heterocycles. The molecule has 104 valence electrons. The smallest absolute Gasteiger partial charge is 0.106 e.